The summed E-state index contributed by atoms with van der Waals surface area (Å²) in [4.78, 5) is 19.8. The predicted octanol–water partition coefficient (Wildman–Crippen LogP) is 3.06. The second-order valence-electron chi connectivity index (χ2n) is 5.54. The Hall–Kier alpha value is -3.39. The summed E-state index contributed by atoms with van der Waals surface area (Å²) in [5, 5.41) is 11.7. The normalized spacial score (nSPS) is 10.7. The number of rotatable bonds is 4. The number of amides is 1. The van der Waals surface area contributed by atoms with Crippen LogP contribution in [0, 0.1) is 0 Å². The zero-order valence-electron chi connectivity index (χ0n) is 13.9. The van der Waals surface area contributed by atoms with E-state index in [1.54, 1.807) is 36.3 Å². The molecule has 0 atom stereocenters. The molecule has 0 aliphatic carbocycles. The molecule has 0 aliphatic heterocycles. The molecular weight excluding hydrogens is 348 g/mol. The first-order valence-electron chi connectivity index (χ1n) is 7.85. The van der Waals surface area contributed by atoms with Crippen LogP contribution < -0.4 is 4.90 Å². The lowest BCUT2D eigenvalue weighted by Crippen LogP contribution is -2.26. The third-order valence-corrected chi connectivity index (χ3v) is 4.97. The maximum atomic E-state index is 12.8. The van der Waals surface area contributed by atoms with Crippen LogP contribution in [0.1, 0.15) is 10.4 Å². The number of hydrogen-bond donors (Lipinski definition) is 0. The van der Waals surface area contributed by atoms with Gasteiger partial charge in [-0.25, -0.2) is 9.67 Å². The van der Waals surface area contributed by atoms with Crippen molar-refractivity contribution in [1.29, 1.82) is 0 Å². The minimum Gasteiger partial charge on any atom is -0.287 e. The first kappa shape index (κ1) is 16.1. The average Bonchev–Trinajstić information content (AvgIpc) is 3.40. The molecule has 8 heteroatoms. The summed E-state index contributed by atoms with van der Waals surface area (Å²) in [6.07, 6.45) is 3.27. The Kier molecular flexibility index (Phi) is 4.24. The number of carbonyl (C=O) groups excluding carboxylic acids is 1. The zero-order valence-corrected chi connectivity index (χ0v) is 14.7. The van der Waals surface area contributed by atoms with E-state index in [4.69, 9.17) is 0 Å². The fourth-order valence-corrected chi connectivity index (χ4v) is 3.38. The predicted molar refractivity (Wildman–Crippen MR) is 99.4 cm³/mol. The lowest BCUT2D eigenvalue weighted by Gasteiger charge is -2.14. The van der Waals surface area contributed by atoms with Crippen molar-refractivity contribution < 1.29 is 4.79 Å². The number of thiazole rings is 1. The van der Waals surface area contributed by atoms with Crippen molar-refractivity contribution in [2.75, 3.05) is 11.9 Å². The number of carbonyl (C=O) groups is 1. The molecule has 2 aromatic carbocycles. The standard InChI is InChI=1S/C18H14N6OS/c1-23(18-19-11-16(26-18)13-6-3-2-4-7-13)17(25)14-8-5-9-15(10-14)24-12-20-21-22-24/h2-12H,1H3. The number of benzene rings is 2. The van der Waals surface area contributed by atoms with Gasteiger partial charge in [0.2, 0.25) is 0 Å². The highest BCUT2D eigenvalue weighted by Gasteiger charge is 2.17. The molecule has 2 aromatic heterocycles. The summed E-state index contributed by atoms with van der Waals surface area (Å²) >= 11 is 1.48. The molecule has 0 saturated carbocycles. The first-order valence-corrected chi connectivity index (χ1v) is 8.67. The Labute approximate surface area is 153 Å². The van der Waals surface area contributed by atoms with Gasteiger partial charge in [0.05, 0.1) is 10.6 Å². The maximum Gasteiger partial charge on any atom is 0.259 e. The molecular formula is C18H14N6OS. The van der Waals surface area contributed by atoms with Crippen LogP contribution in [0.2, 0.25) is 0 Å². The highest BCUT2D eigenvalue weighted by Crippen LogP contribution is 2.31. The topological polar surface area (TPSA) is 76.8 Å². The second kappa shape index (κ2) is 6.85. The van der Waals surface area contributed by atoms with Crippen LogP contribution in [0.4, 0.5) is 5.13 Å². The quantitative estimate of drug-likeness (QED) is 0.558. The lowest BCUT2D eigenvalue weighted by atomic mass is 10.2. The summed E-state index contributed by atoms with van der Waals surface area (Å²) in [7, 11) is 1.72. The third-order valence-electron chi connectivity index (χ3n) is 3.85. The van der Waals surface area contributed by atoms with Crippen LogP contribution in [0.15, 0.2) is 67.1 Å². The molecule has 0 radical (unpaired) electrons. The van der Waals surface area contributed by atoms with Gasteiger partial charge in [0.15, 0.2) is 5.13 Å². The monoisotopic (exact) mass is 362 g/mol. The van der Waals surface area contributed by atoms with Gasteiger partial charge in [-0.1, -0.05) is 47.7 Å². The molecule has 2 heterocycles. The average molecular weight is 362 g/mol. The van der Waals surface area contributed by atoms with Gasteiger partial charge in [0, 0.05) is 18.8 Å². The number of nitrogens with zero attached hydrogens (tertiary/aromatic N) is 6. The molecule has 1 amide bonds. The van der Waals surface area contributed by atoms with Gasteiger partial charge in [-0.3, -0.25) is 9.69 Å². The van der Waals surface area contributed by atoms with Crippen LogP contribution >= 0.6 is 11.3 Å². The van der Waals surface area contributed by atoms with E-state index in [-0.39, 0.29) is 5.91 Å². The van der Waals surface area contributed by atoms with Gasteiger partial charge >= 0.3 is 0 Å². The molecule has 0 aliphatic rings. The molecule has 0 unspecified atom stereocenters. The Bertz CT molecular complexity index is 1030. The fourth-order valence-electron chi connectivity index (χ4n) is 2.50. The van der Waals surface area contributed by atoms with E-state index < -0.39 is 0 Å². The third kappa shape index (κ3) is 3.09. The van der Waals surface area contributed by atoms with Crippen LogP contribution in [0.25, 0.3) is 16.1 Å². The van der Waals surface area contributed by atoms with Crippen molar-refractivity contribution in [2.24, 2.45) is 0 Å². The molecule has 0 bridgehead atoms. The Morgan fingerprint density at radius 3 is 2.73 bits per heavy atom. The minimum atomic E-state index is -0.145. The molecule has 7 nitrogen and oxygen atoms in total. The molecule has 4 rings (SSSR count). The molecule has 26 heavy (non-hydrogen) atoms. The van der Waals surface area contributed by atoms with Crippen LogP contribution in [0.3, 0.4) is 0 Å². The minimum absolute atomic E-state index is 0.145. The molecule has 0 N–H and O–H groups in total. The van der Waals surface area contributed by atoms with Crippen molar-refractivity contribution in [3.05, 3.63) is 72.7 Å². The number of aromatic nitrogens is 5. The van der Waals surface area contributed by atoms with Crippen molar-refractivity contribution >= 4 is 22.4 Å². The molecule has 4 aromatic rings. The highest BCUT2D eigenvalue weighted by molar-refractivity contribution is 7.19. The van der Waals surface area contributed by atoms with Gasteiger partial charge in [-0.15, -0.1) is 5.10 Å². The number of anilines is 1. The van der Waals surface area contributed by atoms with E-state index in [9.17, 15) is 4.79 Å². The van der Waals surface area contributed by atoms with Crippen molar-refractivity contribution in [2.45, 2.75) is 0 Å². The maximum absolute atomic E-state index is 12.8. The Balaban J connectivity index is 1.59. The number of hydrogen-bond acceptors (Lipinski definition) is 6. The van der Waals surface area contributed by atoms with Gasteiger partial charge < -0.3 is 0 Å². The van der Waals surface area contributed by atoms with Crippen LogP contribution in [-0.2, 0) is 0 Å². The van der Waals surface area contributed by atoms with Gasteiger partial charge in [-0.05, 0) is 34.2 Å². The van der Waals surface area contributed by atoms with E-state index in [0.29, 0.717) is 10.7 Å². The van der Waals surface area contributed by atoms with Gasteiger partial charge in [0.1, 0.15) is 6.33 Å². The summed E-state index contributed by atoms with van der Waals surface area (Å²) in [6, 6.07) is 17.1. The summed E-state index contributed by atoms with van der Waals surface area (Å²) in [5.74, 6) is -0.145. The van der Waals surface area contributed by atoms with Crippen molar-refractivity contribution in [3.63, 3.8) is 0 Å². The smallest absolute Gasteiger partial charge is 0.259 e. The van der Waals surface area contributed by atoms with E-state index in [2.05, 4.69) is 20.5 Å². The number of tetrazole rings is 1. The van der Waals surface area contributed by atoms with Crippen LogP contribution in [0.5, 0.6) is 0 Å². The summed E-state index contributed by atoms with van der Waals surface area (Å²) in [5.41, 5.74) is 2.34. The second-order valence-corrected chi connectivity index (χ2v) is 6.55. The van der Waals surface area contributed by atoms with Gasteiger partial charge in [-0.2, -0.15) is 0 Å². The van der Waals surface area contributed by atoms with E-state index >= 15 is 0 Å². The summed E-state index contributed by atoms with van der Waals surface area (Å²) in [6.45, 7) is 0. The molecule has 0 spiro atoms. The van der Waals surface area contributed by atoms with Crippen molar-refractivity contribution in [1.82, 2.24) is 25.2 Å². The first-order chi connectivity index (χ1) is 12.7. The molecule has 0 saturated heterocycles. The van der Waals surface area contributed by atoms with E-state index in [1.165, 1.54) is 22.3 Å². The molecule has 0 fully saturated rings. The molecule has 128 valence electrons. The lowest BCUT2D eigenvalue weighted by molar-refractivity contribution is 0.0993. The summed E-state index contributed by atoms with van der Waals surface area (Å²) < 4.78 is 1.51. The van der Waals surface area contributed by atoms with Crippen molar-refractivity contribution in [3.8, 4) is 16.1 Å². The van der Waals surface area contributed by atoms with Crippen LogP contribution in [-0.4, -0.2) is 38.1 Å². The van der Waals surface area contributed by atoms with Gasteiger partial charge in [0.25, 0.3) is 5.91 Å². The highest BCUT2D eigenvalue weighted by atomic mass is 32.1. The Morgan fingerprint density at radius 2 is 1.96 bits per heavy atom. The van der Waals surface area contributed by atoms with E-state index in [0.717, 1.165) is 16.1 Å². The van der Waals surface area contributed by atoms with E-state index in [1.807, 2.05) is 36.4 Å². The Morgan fingerprint density at radius 1 is 1.12 bits per heavy atom. The fraction of sp³-hybridized carbons (Fsp3) is 0.0556. The SMILES string of the molecule is CN(C(=O)c1cccc(-n2cnnn2)c1)c1ncc(-c2ccccc2)s1. The largest absolute Gasteiger partial charge is 0.287 e. The zero-order chi connectivity index (χ0) is 17.9.